The summed E-state index contributed by atoms with van der Waals surface area (Å²) < 4.78 is 5.21. The molecule has 0 aromatic heterocycles. The van der Waals surface area contributed by atoms with Gasteiger partial charge in [0.25, 0.3) is 0 Å². The second-order valence-corrected chi connectivity index (χ2v) is 2.69. The minimum Gasteiger partial charge on any atom is -0.550 e. The average Bonchev–Trinajstić information content (AvgIpc) is 2.44. The van der Waals surface area contributed by atoms with E-state index in [1.54, 1.807) is 6.08 Å². The van der Waals surface area contributed by atoms with E-state index in [9.17, 15) is 9.90 Å². The van der Waals surface area contributed by atoms with Crippen LogP contribution in [-0.2, 0) is 9.53 Å². The van der Waals surface area contributed by atoms with Crippen LogP contribution in [0.5, 0.6) is 0 Å². The third-order valence-electron chi connectivity index (χ3n) is 2.03. The molecular formula is C7H7NaO3. The molecule has 2 aliphatic heterocycles. The molecule has 54 valence electrons. The molecule has 3 atom stereocenters. The zero-order valence-corrected chi connectivity index (χ0v) is 8.32. The van der Waals surface area contributed by atoms with Crippen LogP contribution < -0.4 is 34.7 Å². The molecule has 3 nitrogen and oxygen atoms in total. The van der Waals surface area contributed by atoms with Gasteiger partial charge in [-0.1, -0.05) is 12.2 Å². The Kier molecular flexibility index (Phi) is 2.75. The van der Waals surface area contributed by atoms with Crippen LogP contribution in [0.15, 0.2) is 12.2 Å². The Morgan fingerprint density at radius 1 is 1.55 bits per heavy atom. The fourth-order valence-electron chi connectivity index (χ4n) is 1.50. The van der Waals surface area contributed by atoms with E-state index in [0.29, 0.717) is 6.42 Å². The molecular weight excluding hydrogens is 155 g/mol. The van der Waals surface area contributed by atoms with E-state index in [1.165, 1.54) is 0 Å². The number of hydrogen-bond acceptors (Lipinski definition) is 3. The Labute approximate surface area is 86.7 Å². The first-order chi connectivity index (χ1) is 4.77. The molecule has 2 heterocycles. The summed E-state index contributed by atoms with van der Waals surface area (Å²) in [4.78, 5) is 10.4. The Morgan fingerprint density at radius 3 is 2.55 bits per heavy atom. The maximum atomic E-state index is 10.4. The second-order valence-electron chi connectivity index (χ2n) is 2.69. The van der Waals surface area contributed by atoms with Crippen molar-refractivity contribution in [2.45, 2.75) is 18.6 Å². The molecule has 4 heteroatoms. The van der Waals surface area contributed by atoms with Crippen molar-refractivity contribution in [3.05, 3.63) is 12.2 Å². The zero-order chi connectivity index (χ0) is 7.14. The number of fused-ring (bicyclic) bond motifs is 2. The second kappa shape index (κ2) is 3.27. The van der Waals surface area contributed by atoms with Crippen molar-refractivity contribution >= 4 is 5.97 Å². The molecule has 2 rings (SSSR count). The fraction of sp³-hybridized carbons (Fsp3) is 0.571. The summed E-state index contributed by atoms with van der Waals surface area (Å²) in [6.07, 6.45) is 4.12. The van der Waals surface area contributed by atoms with Gasteiger partial charge in [0, 0.05) is 11.9 Å². The standard InChI is InChI=1S/C7H8O3.Na/c8-7(9)5-3-4-1-2-6(5)10-4;/h1-2,4-6H,3H2,(H,8,9);/q;+1/p-1. The molecule has 0 spiro atoms. The van der Waals surface area contributed by atoms with Crippen LogP contribution in [0.1, 0.15) is 6.42 Å². The van der Waals surface area contributed by atoms with Crippen molar-refractivity contribution in [3.63, 3.8) is 0 Å². The maximum Gasteiger partial charge on any atom is 1.00 e. The molecule has 0 saturated carbocycles. The van der Waals surface area contributed by atoms with Gasteiger partial charge in [-0.2, -0.15) is 0 Å². The van der Waals surface area contributed by atoms with Gasteiger partial charge >= 0.3 is 29.6 Å². The van der Waals surface area contributed by atoms with Gasteiger partial charge in [-0.15, -0.1) is 0 Å². The normalized spacial score (nSPS) is 38.7. The first-order valence-electron chi connectivity index (χ1n) is 3.32. The van der Waals surface area contributed by atoms with E-state index in [1.807, 2.05) is 6.08 Å². The van der Waals surface area contributed by atoms with Crippen LogP contribution in [0.3, 0.4) is 0 Å². The van der Waals surface area contributed by atoms with E-state index >= 15 is 0 Å². The summed E-state index contributed by atoms with van der Waals surface area (Å²) in [5, 5.41) is 10.4. The van der Waals surface area contributed by atoms with Crippen molar-refractivity contribution in [1.29, 1.82) is 0 Å². The van der Waals surface area contributed by atoms with Crippen LogP contribution in [0.4, 0.5) is 0 Å². The monoisotopic (exact) mass is 162 g/mol. The van der Waals surface area contributed by atoms with E-state index in [2.05, 4.69) is 0 Å². The minimum atomic E-state index is -0.989. The summed E-state index contributed by atoms with van der Waals surface area (Å²) in [6, 6.07) is 0. The van der Waals surface area contributed by atoms with Gasteiger partial charge in [-0.3, -0.25) is 0 Å². The van der Waals surface area contributed by atoms with Crippen LogP contribution in [0.25, 0.3) is 0 Å². The van der Waals surface area contributed by atoms with E-state index in [-0.39, 0.29) is 41.8 Å². The van der Waals surface area contributed by atoms with Crippen molar-refractivity contribution in [2.75, 3.05) is 0 Å². The van der Waals surface area contributed by atoms with E-state index in [4.69, 9.17) is 4.74 Å². The summed E-state index contributed by atoms with van der Waals surface area (Å²) in [6.45, 7) is 0. The Bertz CT molecular complexity index is 202. The number of carbonyl (C=O) groups excluding carboxylic acids is 1. The predicted molar refractivity (Wildman–Crippen MR) is 30.9 cm³/mol. The quantitative estimate of drug-likeness (QED) is 0.292. The number of carboxylic acids is 1. The van der Waals surface area contributed by atoms with Crippen molar-refractivity contribution in [3.8, 4) is 0 Å². The summed E-state index contributed by atoms with van der Waals surface area (Å²) in [7, 11) is 0. The third-order valence-corrected chi connectivity index (χ3v) is 2.03. The number of aliphatic carboxylic acids is 1. The molecule has 11 heavy (non-hydrogen) atoms. The molecule has 1 saturated heterocycles. The topological polar surface area (TPSA) is 49.4 Å². The third kappa shape index (κ3) is 1.51. The minimum absolute atomic E-state index is 0. The van der Waals surface area contributed by atoms with Crippen LogP contribution >= 0.6 is 0 Å². The number of ether oxygens (including phenoxy) is 1. The Balaban J connectivity index is 0.000000605. The predicted octanol–water partition coefficient (Wildman–Crippen LogP) is -3.92. The Hall–Kier alpha value is 0.170. The molecule has 0 aliphatic carbocycles. The largest absolute Gasteiger partial charge is 1.00 e. The molecule has 2 aliphatic rings. The van der Waals surface area contributed by atoms with Crippen LogP contribution in [0.2, 0.25) is 0 Å². The van der Waals surface area contributed by atoms with E-state index in [0.717, 1.165) is 0 Å². The van der Waals surface area contributed by atoms with Gasteiger partial charge in [0.15, 0.2) is 0 Å². The first kappa shape index (κ1) is 9.26. The smallest absolute Gasteiger partial charge is 0.550 e. The van der Waals surface area contributed by atoms with Crippen molar-refractivity contribution in [2.24, 2.45) is 5.92 Å². The van der Waals surface area contributed by atoms with Gasteiger partial charge < -0.3 is 14.6 Å². The molecule has 1 fully saturated rings. The summed E-state index contributed by atoms with van der Waals surface area (Å²) >= 11 is 0. The number of carboxylic acid groups (broad SMARTS) is 1. The fourth-order valence-corrected chi connectivity index (χ4v) is 1.50. The van der Waals surface area contributed by atoms with E-state index < -0.39 is 11.9 Å². The molecule has 0 radical (unpaired) electrons. The number of carbonyl (C=O) groups is 1. The van der Waals surface area contributed by atoms with Gasteiger partial charge in [0.05, 0.1) is 12.2 Å². The number of hydrogen-bond donors (Lipinski definition) is 0. The zero-order valence-electron chi connectivity index (χ0n) is 6.32. The summed E-state index contributed by atoms with van der Waals surface area (Å²) in [5.74, 6) is -1.40. The van der Waals surface area contributed by atoms with Crippen molar-refractivity contribution < 1.29 is 44.2 Å². The Morgan fingerprint density at radius 2 is 2.27 bits per heavy atom. The van der Waals surface area contributed by atoms with Gasteiger partial charge in [-0.05, 0) is 6.42 Å². The molecule has 3 unspecified atom stereocenters. The average molecular weight is 162 g/mol. The molecule has 0 aromatic carbocycles. The summed E-state index contributed by atoms with van der Waals surface area (Å²) in [5.41, 5.74) is 0. The van der Waals surface area contributed by atoms with Gasteiger partial charge in [0.2, 0.25) is 0 Å². The van der Waals surface area contributed by atoms with Gasteiger partial charge in [-0.25, -0.2) is 0 Å². The van der Waals surface area contributed by atoms with Crippen LogP contribution in [-0.4, -0.2) is 18.2 Å². The first-order valence-corrected chi connectivity index (χ1v) is 3.32. The number of rotatable bonds is 1. The molecule has 0 aromatic rings. The van der Waals surface area contributed by atoms with Gasteiger partial charge in [0.1, 0.15) is 0 Å². The maximum absolute atomic E-state index is 10.4. The molecule has 0 amide bonds. The molecule has 2 bridgehead atoms. The molecule has 0 N–H and O–H groups in total. The SMILES string of the molecule is O=C([O-])C1CC2C=CC1O2.[Na+]. The van der Waals surface area contributed by atoms with Crippen LogP contribution in [0, 0.1) is 5.92 Å². The van der Waals surface area contributed by atoms with Crippen molar-refractivity contribution in [1.82, 2.24) is 0 Å².